The molecular formula is C22H18FNO4. The first kappa shape index (κ1) is 19.1. The molecule has 0 aliphatic rings. The second-order valence-corrected chi connectivity index (χ2v) is 5.95. The van der Waals surface area contributed by atoms with E-state index in [9.17, 15) is 14.0 Å². The average molecular weight is 379 g/mol. The molecule has 5 nitrogen and oxygen atoms in total. The molecule has 142 valence electrons. The molecule has 0 fully saturated rings. The Morgan fingerprint density at radius 3 is 2.25 bits per heavy atom. The molecule has 3 rings (SSSR count). The molecule has 1 amide bonds. The van der Waals surface area contributed by atoms with Crippen LogP contribution in [0.1, 0.15) is 26.3 Å². The topological polar surface area (TPSA) is 64.6 Å². The van der Waals surface area contributed by atoms with Crippen molar-refractivity contribution in [3.63, 3.8) is 0 Å². The number of methoxy groups -OCH3 is 1. The molecule has 1 N–H and O–H groups in total. The van der Waals surface area contributed by atoms with Crippen molar-refractivity contribution < 1.29 is 23.5 Å². The molecule has 0 saturated carbocycles. The molecule has 0 aliphatic carbocycles. The minimum atomic E-state index is -0.454. The Labute approximate surface area is 161 Å². The Morgan fingerprint density at radius 1 is 0.893 bits per heavy atom. The smallest absolute Gasteiger partial charge is 0.337 e. The number of nitrogens with one attached hydrogen (secondary N) is 1. The third-order valence-corrected chi connectivity index (χ3v) is 3.97. The molecule has 28 heavy (non-hydrogen) atoms. The number of carbonyl (C=O) groups is 2. The van der Waals surface area contributed by atoms with Gasteiger partial charge in [0.25, 0.3) is 5.91 Å². The molecule has 0 saturated heterocycles. The van der Waals surface area contributed by atoms with Gasteiger partial charge < -0.3 is 14.8 Å². The first-order valence-electron chi connectivity index (χ1n) is 8.54. The van der Waals surface area contributed by atoms with Gasteiger partial charge in [0.1, 0.15) is 17.3 Å². The van der Waals surface area contributed by atoms with Crippen LogP contribution in [0.25, 0.3) is 0 Å². The van der Waals surface area contributed by atoms with Gasteiger partial charge >= 0.3 is 5.97 Å². The average Bonchev–Trinajstić information content (AvgIpc) is 2.73. The number of hydrogen-bond acceptors (Lipinski definition) is 4. The van der Waals surface area contributed by atoms with Gasteiger partial charge in [-0.15, -0.1) is 0 Å². The van der Waals surface area contributed by atoms with Crippen molar-refractivity contribution in [3.8, 4) is 11.5 Å². The summed E-state index contributed by atoms with van der Waals surface area (Å²) in [6.45, 7) is 0.304. The van der Waals surface area contributed by atoms with E-state index >= 15 is 0 Å². The van der Waals surface area contributed by atoms with Gasteiger partial charge in [-0.05, 0) is 66.2 Å². The summed E-state index contributed by atoms with van der Waals surface area (Å²) in [5, 5.41) is 2.82. The molecule has 0 radical (unpaired) electrons. The van der Waals surface area contributed by atoms with E-state index in [1.165, 1.54) is 31.4 Å². The van der Waals surface area contributed by atoms with E-state index in [2.05, 4.69) is 10.1 Å². The summed E-state index contributed by atoms with van der Waals surface area (Å²) < 4.78 is 23.3. The van der Waals surface area contributed by atoms with E-state index in [1.807, 2.05) is 12.1 Å². The highest BCUT2D eigenvalue weighted by atomic mass is 19.1. The monoisotopic (exact) mass is 379 g/mol. The van der Waals surface area contributed by atoms with Crippen LogP contribution in [-0.2, 0) is 11.3 Å². The van der Waals surface area contributed by atoms with Gasteiger partial charge in [-0.3, -0.25) is 4.79 Å². The number of esters is 1. The lowest BCUT2D eigenvalue weighted by atomic mass is 10.1. The number of amides is 1. The maximum Gasteiger partial charge on any atom is 0.337 e. The SMILES string of the molecule is COC(=O)c1ccc(C(=O)NCc2cccc(Oc3ccc(F)cc3)c2)cc1. The van der Waals surface area contributed by atoms with Gasteiger partial charge in [0, 0.05) is 12.1 Å². The van der Waals surface area contributed by atoms with Crippen molar-refractivity contribution in [2.75, 3.05) is 7.11 Å². The maximum absolute atomic E-state index is 13.0. The molecule has 3 aromatic rings. The first-order chi connectivity index (χ1) is 13.5. The number of halogens is 1. The van der Waals surface area contributed by atoms with Crippen LogP contribution < -0.4 is 10.1 Å². The second-order valence-electron chi connectivity index (χ2n) is 5.95. The quantitative estimate of drug-likeness (QED) is 0.648. The molecule has 0 bridgehead atoms. The normalized spacial score (nSPS) is 10.2. The first-order valence-corrected chi connectivity index (χ1v) is 8.54. The minimum absolute atomic E-state index is 0.263. The van der Waals surface area contributed by atoms with Crippen LogP contribution in [0.5, 0.6) is 11.5 Å². The van der Waals surface area contributed by atoms with Crippen LogP contribution >= 0.6 is 0 Å². The Bertz CT molecular complexity index is 969. The Kier molecular flexibility index (Phi) is 6.01. The zero-order valence-electron chi connectivity index (χ0n) is 15.1. The van der Waals surface area contributed by atoms with Gasteiger partial charge in [-0.25, -0.2) is 9.18 Å². The van der Waals surface area contributed by atoms with Crippen LogP contribution in [0.15, 0.2) is 72.8 Å². The van der Waals surface area contributed by atoms with Crippen molar-refractivity contribution >= 4 is 11.9 Å². The third kappa shape index (κ3) is 4.94. The highest BCUT2D eigenvalue weighted by Gasteiger charge is 2.09. The molecule has 0 atom stereocenters. The van der Waals surface area contributed by atoms with Crippen LogP contribution in [0, 0.1) is 5.82 Å². The molecule has 0 aromatic heterocycles. The van der Waals surface area contributed by atoms with Crippen molar-refractivity contribution in [3.05, 3.63) is 95.3 Å². The number of carbonyl (C=O) groups excluding carboxylic acids is 2. The summed E-state index contributed by atoms with van der Waals surface area (Å²) in [4.78, 5) is 23.7. The summed E-state index contributed by atoms with van der Waals surface area (Å²) in [6, 6.07) is 19.2. The highest BCUT2D eigenvalue weighted by Crippen LogP contribution is 2.22. The lowest BCUT2D eigenvalue weighted by Gasteiger charge is -2.09. The van der Waals surface area contributed by atoms with Crippen LogP contribution in [0.2, 0.25) is 0 Å². The zero-order chi connectivity index (χ0) is 19.9. The van der Waals surface area contributed by atoms with E-state index in [0.29, 0.717) is 29.2 Å². The summed E-state index contributed by atoms with van der Waals surface area (Å²) in [5.41, 5.74) is 1.66. The molecule has 0 heterocycles. The fourth-order valence-electron chi connectivity index (χ4n) is 2.52. The van der Waals surface area contributed by atoms with E-state index < -0.39 is 5.97 Å². The largest absolute Gasteiger partial charge is 0.465 e. The van der Waals surface area contributed by atoms with Crippen LogP contribution in [0.3, 0.4) is 0 Å². The molecular weight excluding hydrogens is 361 g/mol. The van der Waals surface area contributed by atoms with Gasteiger partial charge in [0.05, 0.1) is 12.7 Å². The Morgan fingerprint density at radius 2 is 1.57 bits per heavy atom. The molecule has 0 aliphatic heterocycles. The standard InChI is InChI=1S/C22H18FNO4/c1-27-22(26)17-7-5-16(6-8-17)21(25)24-14-15-3-2-4-20(13-15)28-19-11-9-18(23)10-12-19/h2-13H,14H2,1H3,(H,24,25). The van der Waals surface area contributed by atoms with Crippen molar-refractivity contribution in [1.29, 1.82) is 0 Å². The third-order valence-electron chi connectivity index (χ3n) is 3.97. The summed E-state index contributed by atoms with van der Waals surface area (Å²) in [6.07, 6.45) is 0. The summed E-state index contributed by atoms with van der Waals surface area (Å²) in [7, 11) is 1.30. The van der Waals surface area contributed by atoms with Crippen LogP contribution in [0.4, 0.5) is 4.39 Å². The lowest BCUT2D eigenvalue weighted by molar-refractivity contribution is 0.0600. The maximum atomic E-state index is 13.0. The van der Waals surface area contributed by atoms with Crippen molar-refractivity contribution in [1.82, 2.24) is 5.32 Å². The Hall–Kier alpha value is -3.67. The fraction of sp³-hybridized carbons (Fsp3) is 0.0909. The summed E-state index contributed by atoms with van der Waals surface area (Å²) in [5.74, 6) is 0.0590. The van der Waals surface area contributed by atoms with E-state index in [4.69, 9.17) is 4.74 Å². The van der Waals surface area contributed by atoms with Crippen molar-refractivity contribution in [2.45, 2.75) is 6.54 Å². The van der Waals surface area contributed by atoms with E-state index in [0.717, 1.165) is 5.56 Å². The molecule has 6 heteroatoms. The Balaban J connectivity index is 1.60. The second kappa shape index (κ2) is 8.81. The van der Waals surface area contributed by atoms with Gasteiger partial charge in [0.15, 0.2) is 0 Å². The predicted octanol–water partition coefficient (Wildman–Crippen LogP) is 4.33. The van der Waals surface area contributed by atoms with E-state index in [1.54, 1.807) is 36.4 Å². The van der Waals surface area contributed by atoms with Crippen molar-refractivity contribution in [2.24, 2.45) is 0 Å². The van der Waals surface area contributed by atoms with Crippen LogP contribution in [-0.4, -0.2) is 19.0 Å². The summed E-state index contributed by atoms with van der Waals surface area (Å²) >= 11 is 0. The number of benzene rings is 3. The van der Waals surface area contributed by atoms with Gasteiger partial charge in [-0.2, -0.15) is 0 Å². The number of rotatable bonds is 6. The molecule has 0 unspecified atom stereocenters. The predicted molar refractivity (Wildman–Crippen MR) is 102 cm³/mol. The van der Waals surface area contributed by atoms with Gasteiger partial charge in [-0.1, -0.05) is 12.1 Å². The lowest BCUT2D eigenvalue weighted by Crippen LogP contribution is -2.22. The number of ether oxygens (including phenoxy) is 2. The van der Waals surface area contributed by atoms with E-state index in [-0.39, 0.29) is 11.7 Å². The highest BCUT2D eigenvalue weighted by molar-refractivity contribution is 5.96. The molecule has 0 spiro atoms. The zero-order valence-corrected chi connectivity index (χ0v) is 15.1. The fourth-order valence-corrected chi connectivity index (χ4v) is 2.52. The van der Waals surface area contributed by atoms with Gasteiger partial charge in [0.2, 0.25) is 0 Å². The molecule has 3 aromatic carbocycles. The number of hydrogen-bond donors (Lipinski definition) is 1. The minimum Gasteiger partial charge on any atom is -0.465 e.